The van der Waals surface area contributed by atoms with Crippen molar-refractivity contribution in [3.8, 4) is 0 Å². The van der Waals surface area contributed by atoms with E-state index in [1.165, 1.54) is 0 Å². The van der Waals surface area contributed by atoms with Crippen molar-refractivity contribution in [2.45, 2.75) is 40.7 Å². The Labute approximate surface area is 75.5 Å². The molecule has 1 heteroatoms. The topological polar surface area (TPSA) is 9.23 Å². The Balaban J connectivity index is 2.13. The van der Waals surface area contributed by atoms with Gasteiger partial charge in [0, 0.05) is 0 Å². The molecule has 0 radical (unpaired) electrons. The molecule has 2 fully saturated rings. The molecule has 2 rings (SSSR count). The molecule has 0 N–H and O–H groups in total. The molecule has 0 amide bonds. The van der Waals surface area contributed by atoms with Gasteiger partial charge in [-0.05, 0) is 22.7 Å². The smallest absolute Gasteiger partial charge is 0.0660 e. The van der Waals surface area contributed by atoms with Gasteiger partial charge in [0.15, 0.2) is 0 Å². The highest BCUT2D eigenvalue weighted by Gasteiger charge is 2.66. The van der Waals surface area contributed by atoms with Crippen molar-refractivity contribution in [3.05, 3.63) is 0 Å². The van der Waals surface area contributed by atoms with Gasteiger partial charge in [-0.3, -0.25) is 0 Å². The van der Waals surface area contributed by atoms with Crippen LogP contribution < -0.4 is 0 Å². The van der Waals surface area contributed by atoms with E-state index >= 15 is 0 Å². The van der Waals surface area contributed by atoms with E-state index in [2.05, 4.69) is 34.6 Å². The van der Waals surface area contributed by atoms with Crippen LogP contribution in [0.15, 0.2) is 0 Å². The maximum Gasteiger partial charge on any atom is 0.0660 e. The molecule has 12 heavy (non-hydrogen) atoms. The lowest BCUT2D eigenvalue weighted by Crippen LogP contribution is -2.31. The van der Waals surface area contributed by atoms with Crippen LogP contribution >= 0.6 is 0 Å². The molecule has 1 aliphatic heterocycles. The molecule has 1 nitrogen and oxygen atoms in total. The second-order valence-electron chi connectivity index (χ2n) is 6.07. The zero-order chi connectivity index (χ0) is 9.15. The van der Waals surface area contributed by atoms with E-state index in [1.54, 1.807) is 0 Å². The molecular weight excluding hydrogens is 148 g/mol. The van der Waals surface area contributed by atoms with Gasteiger partial charge in [-0.1, -0.05) is 34.6 Å². The second kappa shape index (κ2) is 2.06. The standard InChI is InChI=1S/C11H20O/c1-10(2,3)9-8-7(6-12-9)11(8,4)5/h7-9H,6H2,1-5H3. The zero-order valence-electron chi connectivity index (χ0n) is 8.85. The van der Waals surface area contributed by atoms with Crippen LogP contribution in [0.4, 0.5) is 0 Å². The molecule has 0 aromatic heterocycles. The van der Waals surface area contributed by atoms with Crippen LogP contribution in [0.5, 0.6) is 0 Å². The van der Waals surface area contributed by atoms with Crippen LogP contribution in [-0.4, -0.2) is 12.7 Å². The lowest BCUT2D eigenvalue weighted by Gasteiger charge is -2.30. The highest BCUT2D eigenvalue weighted by Crippen LogP contribution is 2.66. The molecule has 3 unspecified atom stereocenters. The van der Waals surface area contributed by atoms with E-state index in [4.69, 9.17) is 4.74 Å². The first-order valence-corrected chi connectivity index (χ1v) is 4.97. The summed E-state index contributed by atoms with van der Waals surface area (Å²) in [5.74, 6) is 1.68. The Morgan fingerprint density at radius 1 is 1.25 bits per heavy atom. The summed E-state index contributed by atoms with van der Waals surface area (Å²) in [5.41, 5.74) is 0.892. The number of ether oxygens (including phenoxy) is 1. The van der Waals surface area contributed by atoms with Crippen molar-refractivity contribution >= 4 is 0 Å². The first kappa shape index (κ1) is 8.55. The van der Waals surface area contributed by atoms with Gasteiger partial charge in [0.1, 0.15) is 0 Å². The highest BCUT2D eigenvalue weighted by molar-refractivity contribution is 5.13. The van der Waals surface area contributed by atoms with Crippen molar-refractivity contribution in [1.82, 2.24) is 0 Å². The van der Waals surface area contributed by atoms with Crippen LogP contribution in [-0.2, 0) is 4.74 Å². The van der Waals surface area contributed by atoms with Gasteiger partial charge >= 0.3 is 0 Å². The molecule has 2 aliphatic rings. The average Bonchev–Trinajstić information content (AvgIpc) is 2.34. The fraction of sp³-hybridized carbons (Fsp3) is 1.00. The molecule has 1 aliphatic carbocycles. The van der Waals surface area contributed by atoms with E-state index in [0.29, 0.717) is 16.9 Å². The molecule has 70 valence electrons. The van der Waals surface area contributed by atoms with Crippen LogP contribution in [0.25, 0.3) is 0 Å². The molecule has 0 aromatic rings. The highest BCUT2D eigenvalue weighted by atomic mass is 16.5. The summed E-state index contributed by atoms with van der Waals surface area (Å²) in [5, 5.41) is 0. The zero-order valence-corrected chi connectivity index (χ0v) is 8.85. The van der Waals surface area contributed by atoms with Crippen LogP contribution in [0.2, 0.25) is 0 Å². The predicted octanol–water partition coefficient (Wildman–Crippen LogP) is 2.70. The van der Waals surface area contributed by atoms with Crippen molar-refractivity contribution in [2.24, 2.45) is 22.7 Å². The lowest BCUT2D eigenvalue weighted by molar-refractivity contribution is -0.0156. The van der Waals surface area contributed by atoms with Crippen LogP contribution in [0, 0.1) is 22.7 Å². The Morgan fingerprint density at radius 2 is 1.83 bits per heavy atom. The van der Waals surface area contributed by atoms with Crippen LogP contribution in [0.3, 0.4) is 0 Å². The molecule has 1 saturated carbocycles. The third-order valence-electron chi connectivity index (χ3n) is 3.77. The lowest BCUT2D eigenvalue weighted by atomic mass is 9.84. The maximum atomic E-state index is 5.82. The minimum Gasteiger partial charge on any atom is -0.377 e. The summed E-state index contributed by atoms with van der Waals surface area (Å²) >= 11 is 0. The van der Waals surface area contributed by atoms with E-state index < -0.39 is 0 Å². The van der Waals surface area contributed by atoms with Crippen LogP contribution in [0.1, 0.15) is 34.6 Å². The van der Waals surface area contributed by atoms with Gasteiger partial charge in [-0.25, -0.2) is 0 Å². The second-order valence-corrected chi connectivity index (χ2v) is 6.07. The Bertz CT molecular complexity index is 200. The van der Waals surface area contributed by atoms with Crippen molar-refractivity contribution in [1.29, 1.82) is 0 Å². The summed E-state index contributed by atoms with van der Waals surface area (Å²) in [6.07, 6.45) is 0.498. The minimum atomic E-state index is 0.327. The number of rotatable bonds is 0. The van der Waals surface area contributed by atoms with Gasteiger partial charge in [0.05, 0.1) is 12.7 Å². The first-order valence-electron chi connectivity index (χ1n) is 4.97. The molecule has 1 heterocycles. The molecule has 1 saturated heterocycles. The maximum absolute atomic E-state index is 5.82. The summed E-state index contributed by atoms with van der Waals surface area (Å²) in [6, 6.07) is 0. The van der Waals surface area contributed by atoms with Gasteiger partial charge < -0.3 is 4.74 Å². The predicted molar refractivity (Wildman–Crippen MR) is 50.0 cm³/mol. The Hall–Kier alpha value is -0.0400. The van der Waals surface area contributed by atoms with Gasteiger partial charge in [0.2, 0.25) is 0 Å². The normalized spacial score (nSPS) is 44.2. The summed E-state index contributed by atoms with van der Waals surface area (Å²) in [7, 11) is 0. The monoisotopic (exact) mass is 168 g/mol. The van der Waals surface area contributed by atoms with Crippen molar-refractivity contribution in [3.63, 3.8) is 0 Å². The fourth-order valence-corrected chi connectivity index (χ4v) is 2.81. The third kappa shape index (κ3) is 0.953. The number of hydrogen-bond donors (Lipinski definition) is 0. The van der Waals surface area contributed by atoms with Gasteiger partial charge in [0.25, 0.3) is 0 Å². The average molecular weight is 168 g/mol. The van der Waals surface area contributed by atoms with E-state index in [1.807, 2.05) is 0 Å². The third-order valence-corrected chi connectivity index (χ3v) is 3.77. The Kier molecular flexibility index (Phi) is 1.47. The molecule has 3 atom stereocenters. The molecular formula is C11H20O. The largest absolute Gasteiger partial charge is 0.377 e. The quantitative estimate of drug-likeness (QED) is 0.540. The number of fused-ring (bicyclic) bond motifs is 1. The number of hydrogen-bond acceptors (Lipinski definition) is 1. The minimum absolute atomic E-state index is 0.327. The first-order chi connectivity index (χ1) is 5.35. The van der Waals surface area contributed by atoms with E-state index in [9.17, 15) is 0 Å². The Morgan fingerprint density at radius 3 is 2.08 bits per heavy atom. The van der Waals surface area contributed by atoms with Gasteiger partial charge in [-0.2, -0.15) is 0 Å². The van der Waals surface area contributed by atoms with Crippen molar-refractivity contribution in [2.75, 3.05) is 6.61 Å². The fourth-order valence-electron chi connectivity index (χ4n) is 2.81. The molecule has 0 bridgehead atoms. The SMILES string of the molecule is CC(C)(C)C1OCC2C1C2(C)C. The van der Waals surface area contributed by atoms with E-state index in [-0.39, 0.29) is 0 Å². The molecule has 0 aromatic carbocycles. The van der Waals surface area contributed by atoms with Crippen molar-refractivity contribution < 1.29 is 4.74 Å². The molecule has 0 spiro atoms. The summed E-state index contributed by atoms with van der Waals surface area (Å²) in [4.78, 5) is 0. The summed E-state index contributed by atoms with van der Waals surface area (Å²) < 4.78 is 5.82. The summed E-state index contributed by atoms with van der Waals surface area (Å²) in [6.45, 7) is 12.6. The van der Waals surface area contributed by atoms with Gasteiger partial charge in [-0.15, -0.1) is 0 Å². The van der Waals surface area contributed by atoms with E-state index in [0.717, 1.165) is 18.4 Å².